The van der Waals surface area contributed by atoms with Crippen LogP contribution in [0, 0.1) is 0 Å². The van der Waals surface area contributed by atoms with E-state index in [-0.39, 0.29) is 0 Å². The summed E-state index contributed by atoms with van der Waals surface area (Å²) in [5.74, 6) is -2.18. The molecule has 0 amide bonds. The second kappa shape index (κ2) is 5.43. The lowest BCUT2D eigenvalue weighted by atomic mass is 9.95. The smallest absolute Gasteiger partial charge is 0.159 e. The number of ether oxygens (including phenoxy) is 1. The molecule has 1 aliphatic rings. The van der Waals surface area contributed by atoms with E-state index in [4.69, 9.17) is 9.84 Å². The Balaban J connectivity index is 2.87. The van der Waals surface area contributed by atoms with Crippen molar-refractivity contribution in [3.05, 3.63) is 11.8 Å². The van der Waals surface area contributed by atoms with Crippen LogP contribution in [0.2, 0.25) is 0 Å². The first-order valence-corrected chi connectivity index (χ1v) is 4.96. The van der Waals surface area contributed by atoms with Gasteiger partial charge in [-0.1, -0.05) is 0 Å². The van der Waals surface area contributed by atoms with Gasteiger partial charge < -0.3 is 40.8 Å². The molecule has 7 N–H and O–H groups in total. The molecule has 17 heavy (non-hydrogen) atoms. The van der Waals surface area contributed by atoms with Crippen LogP contribution in [0.15, 0.2) is 11.8 Å². The summed E-state index contributed by atoms with van der Waals surface area (Å²) in [6, 6.07) is -0.831. The molecule has 0 aliphatic carbocycles. The van der Waals surface area contributed by atoms with Gasteiger partial charge in [0.05, 0.1) is 6.61 Å². The molecule has 8 heteroatoms. The molecular weight excluding hydrogens is 234 g/mol. The summed E-state index contributed by atoms with van der Waals surface area (Å²) in [5.41, 5.74) is 3.48. The molecule has 0 fully saturated rings. The standard InChI is InChI=1S/C9H15NO7/c10-3-1-5(9(15)16)17-8(6(3)13)7(14)4(12)2-11/h1,3-4,6-8,11-14H,2,10H2,(H,15,16)/t3-,4+,6+,7+,8+/m0/s1. The van der Waals surface area contributed by atoms with Gasteiger partial charge in [-0.3, -0.25) is 0 Å². The molecule has 98 valence electrons. The van der Waals surface area contributed by atoms with Gasteiger partial charge in [-0.25, -0.2) is 0 Å². The Hall–Kier alpha value is -1.19. The van der Waals surface area contributed by atoms with Gasteiger partial charge in [-0.05, 0) is 0 Å². The second-order valence-corrected chi connectivity index (χ2v) is 3.80. The molecule has 0 aromatic heterocycles. The molecule has 0 saturated carbocycles. The van der Waals surface area contributed by atoms with Gasteiger partial charge in [0.2, 0.25) is 0 Å². The fourth-order valence-corrected chi connectivity index (χ4v) is 1.51. The third-order valence-corrected chi connectivity index (χ3v) is 2.52. The summed E-state index contributed by atoms with van der Waals surface area (Å²) >= 11 is 0. The minimum atomic E-state index is -1.64. The first kappa shape index (κ1) is 13.9. The molecule has 0 saturated heterocycles. The van der Waals surface area contributed by atoms with Crippen LogP contribution >= 0.6 is 0 Å². The molecule has 0 spiro atoms. The van der Waals surface area contributed by atoms with E-state index < -0.39 is 48.8 Å². The van der Waals surface area contributed by atoms with Crippen LogP contribution in [0.25, 0.3) is 0 Å². The summed E-state index contributed by atoms with van der Waals surface area (Å²) in [4.78, 5) is 10.6. The van der Waals surface area contributed by atoms with Crippen LogP contribution in [-0.4, -0.2) is 63.5 Å². The number of quaternary nitrogens is 1. The topological polar surface area (TPSA) is 158 Å². The molecule has 0 radical (unpaired) electrons. The maximum absolute atomic E-state index is 10.6. The van der Waals surface area contributed by atoms with E-state index in [2.05, 4.69) is 5.73 Å². The molecular formula is C9H15NO7. The van der Waals surface area contributed by atoms with Gasteiger partial charge >= 0.3 is 0 Å². The minimum absolute atomic E-state index is 0.565. The Labute approximate surface area is 96.5 Å². The fraction of sp³-hybridized carbons (Fsp3) is 0.667. The van der Waals surface area contributed by atoms with Crippen LogP contribution in [0.4, 0.5) is 0 Å². The molecule has 1 aliphatic heterocycles. The number of hydrogen-bond donors (Lipinski definition) is 5. The number of aliphatic carboxylic acids is 1. The summed E-state index contributed by atoms with van der Waals surface area (Å²) in [6.07, 6.45) is -4.83. The lowest BCUT2D eigenvalue weighted by Crippen LogP contribution is -2.71. The van der Waals surface area contributed by atoms with Crippen molar-refractivity contribution in [3.8, 4) is 0 Å². The van der Waals surface area contributed by atoms with E-state index in [1.807, 2.05) is 0 Å². The quantitative estimate of drug-likeness (QED) is 0.333. The first-order chi connectivity index (χ1) is 7.88. The Morgan fingerprint density at radius 3 is 2.65 bits per heavy atom. The predicted octanol–water partition coefficient (Wildman–Crippen LogP) is -5.30. The highest BCUT2D eigenvalue weighted by atomic mass is 16.5. The van der Waals surface area contributed by atoms with Crippen molar-refractivity contribution in [2.75, 3.05) is 6.61 Å². The van der Waals surface area contributed by atoms with Gasteiger partial charge in [-0.15, -0.1) is 0 Å². The number of carboxylic acid groups (broad SMARTS) is 1. The molecule has 0 aromatic carbocycles. The van der Waals surface area contributed by atoms with Crippen molar-refractivity contribution in [2.45, 2.75) is 30.5 Å². The number of hydrogen-bond acceptors (Lipinski definition) is 7. The zero-order valence-corrected chi connectivity index (χ0v) is 8.89. The SMILES string of the molecule is [NH3+][C@H]1C=C(C(=O)[O-])O[C@@H]([C@H](O)[C@H](O)CO)[C@@H]1O. The zero-order valence-electron chi connectivity index (χ0n) is 8.89. The predicted molar refractivity (Wildman–Crippen MR) is 49.7 cm³/mol. The molecule has 0 unspecified atom stereocenters. The van der Waals surface area contributed by atoms with Gasteiger partial charge in [0, 0.05) is 6.08 Å². The number of aliphatic hydroxyl groups excluding tert-OH is 4. The van der Waals surface area contributed by atoms with Crippen LogP contribution in [0.1, 0.15) is 0 Å². The Bertz CT molecular complexity index is 318. The average Bonchev–Trinajstić information content (AvgIpc) is 2.30. The van der Waals surface area contributed by atoms with E-state index in [1.165, 1.54) is 0 Å². The fourth-order valence-electron chi connectivity index (χ4n) is 1.51. The lowest BCUT2D eigenvalue weighted by molar-refractivity contribution is -0.431. The van der Waals surface area contributed by atoms with Crippen LogP contribution in [-0.2, 0) is 9.53 Å². The number of rotatable bonds is 4. The Kier molecular flexibility index (Phi) is 4.43. The normalized spacial score (nSPS) is 32.3. The minimum Gasteiger partial charge on any atom is -0.542 e. The van der Waals surface area contributed by atoms with E-state index in [0.717, 1.165) is 6.08 Å². The zero-order chi connectivity index (χ0) is 13.2. The van der Waals surface area contributed by atoms with Crippen molar-refractivity contribution in [2.24, 2.45) is 0 Å². The van der Waals surface area contributed by atoms with Crippen molar-refractivity contribution in [3.63, 3.8) is 0 Å². The lowest BCUT2D eigenvalue weighted by Gasteiger charge is -2.35. The number of carboxylic acids is 1. The number of carbonyl (C=O) groups excluding carboxylic acids is 1. The van der Waals surface area contributed by atoms with Gasteiger partial charge in [0.1, 0.15) is 36.1 Å². The van der Waals surface area contributed by atoms with Crippen molar-refractivity contribution in [1.29, 1.82) is 0 Å². The van der Waals surface area contributed by atoms with Gasteiger partial charge in [-0.2, -0.15) is 0 Å². The molecule has 0 bridgehead atoms. The van der Waals surface area contributed by atoms with E-state index in [0.29, 0.717) is 0 Å². The molecule has 0 aromatic rings. The Morgan fingerprint density at radius 1 is 1.59 bits per heavy atom. The van der Waals surface area contributed by atoms with E-state index in [9.17, 15) is 25.2 Å². The van der Waals surface area contributed by atoms with Crippen molar-refractivity contribution < 1.29 is 40.8 Å². The molecule has 5 atom stereocenters. The van der Waals surface area contributed by atoms with Gasteiger partial charge in [0.25, 0.3) is 0 Å². The summed E-state index contributed by atoms with van der Waals surface area (Å²) in [5, 5.41) is 47.7. The van der Waals surface area contributed by atoms with Crippen molar-refractivity contribution >= 4 is 5.97 Å². The molecule has 1 heterocycles. The van der Waals surface area contributed by atoms with Crippen LogP contribution < -0.4 is 10.8 Å². The highest BCUT2D eigenvalue weighted by molar-refractivity contribution is 5.82. The summed E-state index contributed by atoms with van der Waals surface area (Å²) in [6.45, 7) is -0.750. The van der Waals surface area contributed by atoms with E-state index >= 15 is 0 Å². The van der Waals surface area contributed by atoms with Gasteiger partial charge in [0.15, 0.2) is 6.10 Å². The maximum Gasteiger partial charge on any atom is 0.159 e. The highest BCUT2D eigenvalue weighted by Crippen LogP contribution is 2.20. The highest BCUT2D eigenvalue weighted by Gasteiger charge is 2.41. The third kappa shape index (κ3) is 2.93. The molecule has 1 rings (SSSR count). The maximum atomic E-state index is 10.6. The number of aliphatic hydroxyl groups is 4. The summed E-state index contributed by atoms with van der Waals surface area (Å²) < 4.78 is 4.80. The molecule has 8 nitrogen and oxygen atoms in total. The largest absolute Gasteiger partial charge is 0.542 e. The third-order valence-electron chi connectivity index (χ3n) is 2.52. The first-order valence-electron chi connectivity index (χ1n) is 4.96. The van der Waals surface area contributed by atoms with Crippen LogP contribution in [0.3, 0.4) is 0 Å². The average molecular weight is 249 g/mol. The second-order valence-electron chi connectivity index (χ2n) is 3.80. The summed E-state index contributed by atoms with van der Waals surface area (Å²) in [7, 11) is 0. The van der Waals surface area contributed by atoms with E-state index in [1.54, 1.807) is 0 Å². The van der Waals surface area contributed by atoms with Crippen molar-refractivity contribution in [1.82, 2.24) is 0 Å². The monoisotopic (exact) mass is 249 g/mol. The Morgan fingerprint density at radius 2 is 2.18 bits per heavy atom. The number of carbonyl (C=O) groups is 1. The van der Waals surface area contributed by atoms with Crippen LogP contribution in [0.5, 0.6) is 0 Å².